The molecule has 0 unspecified atom stereocenters. The number of halogens is 1. The number of anilines is 1. The van der Waals surface area contributed by atoms with E-state index in [-0.39, 0.29) is 5.91 Å². The number of carbonyl (C=O) groups is 1. The molecule has 1 amide bonds. The molecule has 0 bridgehead atoms. The number of hydrogen-bond donors (Lipinski definition) is 1. The number of benzene rings is 2. The maximum Gasteiger partial charge on any atom is 0.255 e. The van der Waals surface area contributed by atoms with Crippen LogP contribution in [0.15, 0.2) is 53.7 Å². The Morgan fingerprint density at radius 3 is 2.70 bits per heavy atom. The number of fused-ring (bicyclic) bond motifs is 1. The Kier molecular flexibility index (Phi) is 5.74. The normalized spacial score (nSPS) is 11.1. The zero-order chi connectivity index (χ0) is 21.3. The highest BCUT2D eigenvalue weighted by Gasteiger charge is 2.14. The summed E-state index contributed by atoms with van der Waals surface area (Å²) in [6.45, 7) is 5.83. The molecule has 0 atom stereocenters. The monoisotopic (exact) mass is 437 g/mol. The van der Waals surface area contributed by atoms with Crippen LogP contribution in [0.5, 0.6) is 0 Å². The maximum atomic E-state index is 12.9. The fourth-order valence-corrected chi connectivity index (χ4v) is 4.09. The first-order chi connectivity index (χ1) is 14.4. The van der Waals surface area contributed by atoms with E-state index >= 15 is 0 Å². The van der Waals surface area contributed by atoms with Crippen LogP contribution in [-0.4, -0.2) is 25.5 Å². The fraction of sp³-hybridized carbons (Fsp3) is 0.182. The summed E-state index contributed by atoms with van der Waals surface area (Å²) in [5.74, 6) is 0.965. The third-order valence-corrected chi connectivity index (χ3v) is 5.94. The van der Waals surface area contributed by atoms with Crippen LogP contribution in [0.25, 0.3) is 5.78 Å². The van der Waals surface area contributed by atoms with Gasteiger partial charge in [-0.25, -0.2) is 9.50 Å². The highest BCUT2D eigenvalue weighted by molar-refractivity contribution is 7.98. The lowest BCUT2D eigenvalue weighted by Gasteiger charge is -2.10. The van der Waals surface area contributed by atoms with Gasteiger partial charge in [-0.15, -0.1) is 5.10 Å². The number of amides is 1. The van der Waals surface area contributed by atoms with Crippen molar-refractivity contribution in [2.75, 3.05) is 5.32 Å². The lowest BCUT2D eigenvalue weighted by atomic mass is 10.1. The van der Waals surface area contributed by atoms with Gasteiger partial charge in [0.25, 0.3) is 11.7 Å². The highest BCUT2D eigenvalue weighted by atomic mass is 35.5. The zero-order valence-electron chi connectivity index (χ0n) is 16.8. The van der Waals surface area contributed by atoms with E-state index in [4.69, 9.17) is 11.6 Å². The standard InChI is InChI=1S/C22H20ClN5OS/c1-13-8-9-17(11-19(13)23)25-20(29)18-7-5-4-6-16(18)12-30-22-26-21-24-14(2)10-15(3)28(21)27-22/h4-11H,12H2,1-3H3,(H,25,29). The van der Waals surface area contributed by atoms with Gasteiger partial charge in [0.15, 0.2) is 0 Å². The van der Waals surface area contributed by atoms with Crippen LogP contribution in [-0.2, 0) is 5.75 Å². The molecule has 0 aliphatic heterocycles. The number of aromatic nitrogens is 4. The van der Waals surface area contributed by atoms with Crippen molar-refractivity contribution in [3.05, 3.63) is 81.6 Å². The van der Waals surface area contributed by atoms with Gasteiger partial charge in [0.2, 0.25) is 5.16 Å². The summed E-state index contributed by atoms with van der Waals surface area (Å²) in [5, 5.41) is 8.68. The Hall–Kier alpha value is -2.90. The lowest BCUT2D eigenvalue weighted by Crippen LogP contribution is -2.14. The van der Waals surface area contributed by atoms with Gasteiger partial charge in [0.05, 0.1) is 0 Å². The Morgan fingerprint density at radius 2 is 1.90 bits per heavy atom. The molecule has 6 nitrogen and oxygen atoms in total. The molecule has 0 spiro atoms. The Morgan fingerprint density at radius 1 is 1.10 bits per heavy atom. The molecule has 2 aromatic heterocycles. The van der Waals surface area contributed by atoms with Crippen LogP contribution in [0.3, 0.4) is 0 Å². The van der Waals surface area contributed by atoms with Crippen molar-refractivity contribution >= 4 is 40.7 Å². The summed E-state index contributed by atoms with van der Waals surface area (Å²) in [6.07, 6.45) is 0. The molecule has 152 valence electrons. The lowest BCUT2D eigenvalue weighted by molar-refractivity contribution is 0.102. The number of rotatable bonds is 5. The quantitative estimate of drug-likeness (QED) is 0.432. The van der Waals surface area contributed by atoms with Crippen molar-refractivity contribution < 1.29 is 4.79 Å². The van der Waals surface area contributed by atoms with Crippen LogP contribution in [0.4, 0.5) is 5.69 Å². The number of nitrogens with zero attached hydrogens (tertiary/aromatic N) is 4. The molecule has 0 aliphatic rings. The van der Waals surface area contributed by atoms with E-state index in [9.17, 15) is 4.79 Å². The molecule has 8 heteroatoms. The van der Waals surface area contributed by atoms with E-state index in [1.54, 1.807) is 10.6 Å². The van der Waals surface area contributed by atoms with Crippen LogP contribution in [0.1, 0.15) is 32.9 Å². The SMILES string of the molecule is Cc1cc(C)n2nc(SCc3ccccc3C(=O)Nc3ccc(C)c(Cl)c3)nc2n1. The summed E-state index contributed by atoms with van der Waals surface area (Å²) < 4.78 is 1.73. The van der Waals surface area contributed by atoms with Crippen LogP contribution >= 0.6 is 23.4 Å². The van der Waals surface area contributed by atoms with E-state index in [0.717, 1.165) is 22.5 Å². The van der Waals surface area contributed by atoms with Crippen LogP contribution < -0.4 is 5.32 Å². The molecule has 0 aliphatic carbocycles. The molecular formula is C22H20ClN5OS. The van der Waals surface area contributed by atoms with Gasteiger partial charge >= 0.3 is 0 Å². The first-order valence-corrected chi connectivity index (χ1v) is 10.8. The molecule has 1 N–H and O–H groups in total. The first kappa shape index (κ1) is 20.4. The number of aryl methyl sites for hydroxylation is 3. The molecule has 0 radical (unpaired) electrons. The average Bonchev–Trinajstić information content (AvgIpc) is 3.12. The van der Waals surface area contributed by atoms with Crippen molar-refractivity contribution in [1.82, 2.24) is 19.6 Å². The topological polar surface area (TPSA) is 72.2 Å². The zero-order valence-corrected chi connectivity index (χ0v) is 18.4. The van der Waals surface area contributed by atoms with Gasteiger partial charge in [-0.2, -0.15) is 4.98 Å². The van der Waals surface area contributed by atoms with Crippen molar-refractivity contribution in [3.63, 3.8) is 0 Å². The van der Waals surface area contributed by atoms with Crippen molar-refractivity contribution in [2.24, 2.45) is 0 Å². The predicted octanol–water partition coefficient (Wildman–Crippen LogP) is 5.25. The number of hydrogen-bond acceptors (Lipinski definition) is 5. The van der Waals surface area contributed by atoms with Crippen molar-refractivity contribution in [1.29, 1.82) is 0 Å². The molecule has 30 heavy (non-hydrogen) atoms. The minimum atomic E-state index is -0.179. The molecule has 2 heterocycles. The second kappa shape index (κ2) is 8.45. The van der Waals surface area contributed by atoms with Crippen molar-refractivity contribution in [2.45, 2.75) is 31.7 Å². The summed E-state index contributed by atoms with van der Waals surface area (Å²) in [7, 11) is 0. The second-order valence-electron chi connectivity index (χ2n) is 7.01. The Labute approximate surface area is 183 Å². The van der Waals surface area contributed by atoms with Crippen molar-refractivity contribution in [3.8, 4) is 0 Å². The van der Waals surface area contributed by atoms with E-state index in [2.05, 4.69) is 20.4 Å². The molecular weight excluding hydrogens is 418 g/mol. The minimum Gasteiger partial charge on any atom is -0.322 e. The Bertz CT molecular complexity index is 1250. The van der Waals surface area contributed by atoms with Crippen LogP contribution in [0.2, 0.25) is 5.02 Å². The Balaban J connectivity index is 1.52. The number of carbonyl (C=O) groups excluding carboxylic acids is 1. The largest absolute Gasteiger partial charge is 0.322 e. The average molecular weight is 438 g/mol. The predicted molar refractivity (Wildman–Crippen MR) is 120 cm³/mol. The van der Waals surface area contributed by atoms with Gasteiger partial charge in [-0.1, -0.05) is 47.6 Å². The van der Waals surface area contributed by atoms with Gasteiger partial charge in [-0.05, 0) is 56.2 Å². The molecule has 0 saturated heterocycles. The third-order valence-electron chi connectivity index (χ3n) is 4.65. The summed E-state index contributed by atoms with van der Waals surface area (Å²) in [4.78, 5) is 21.8. The molecule has 4 rings (SSSR count). The van der Waals surface area contributed by atoms with Gasteiger partial charge in [0, 0.05) is 33.4 Å². The molecule has 0 saturated carbocycles. The molecule has 0 fully saturated rings. The van der Waals surface area contributed by atoms with Gasteiger partial charge in [-0.3, -0.25) is 4.79 Å². The fourth-order valence-electron chi connectivity index (χ4n) is 3.09. The smallest absolute Gasteiger partial charge is 0.255 e. The molecule has 2 aromatic carbocycles. The minimum absolute atomic E-state index is 0.179. The summed E-state index contributed by atoms with van der Waals surface area (Å²) in [5.41, 5.74) is 5.02. The summed E-state index contributed by atoms with van der Waals surface area (Å²) >= 11 is 7.64. The highest BCUT2D eigenvalue weighted by Crippen LogP contribution is 2.24. The molecule has 4 aromatic rings. The van der Waals surface area contributed by atoms with E-state index in [1.165, 1.54) is 11.8 Å². The van der Waals surface area contributed by atoms with Gasteiger partial charge in [0.1, 0.15) is 0 Å². The summed E-state index contributed by atoms with van der Waals surface area (Å²) in [6, 6.07) is 15.0. The first-order valence-electron chi connectivity index (χ1n) is 9.40. The maximum absolute atomic E-state index is 12.9. The van der Waals surface area contributed by atoms with Gasteiger partial charge < -0.3 is 5.32 Å². The third kappa shape index (κ3) is 4.32. The van der Waals surface area contributed by atoms with E-state index in [0.29, 0.717) is 33.0 Å². The number of thioether (sulfide) groups is 1. The number of nitrogens with one attached hydrogen (secondary N) is 1. The van der Waals surface area contributed by atoms with Crippen LogP contribution in [0, 0.1) is 20.8 Å². The second-order valence-corrected chi connectivity index (χ2v) is 8.36. The van der Waals surface area contributed by atoms with E-state index in [1.807, 2.05) is 63.2 Å². The van der Waals surface area contributed by atoms with E-state index < -0.39 is 0 Å².